The number of alkyl halides is 3. The molecule has 5 nitrogen and oxygen atoms in total. The summed E-state index contributed by atoms with van der Waals surface area (Å²) in [6.07, 6.45) is -0.668. The Morgan fingerprint density at radius 3 is 2.57 bits per heavy atom. The second kappa shape index (κ2) is 14.1. The predicted octanol–water partition coefficient (Wildman–Crippen LogP) is 4.17. The third-order valence-electron chi connectivity index (χ3n) is 5.03. The lowest BCUT2D eigenvalue weighted by atomic mass is 9.99. The van der Waals surface area contributed by atoms with Crippen LogP contribution >= 0.6 is 24.0 Å². The van der Waals surface area contributed by atoms with E-state index in [4.69, 9.17) is 4.74 Å². The number of nitrogens with zero attached hydrogens (tertiary/aromatic N) is 2. The van der Waals surface area contributed by atoms with E-state index >= 15 is 0 Å². The van der Waals surface area contributed by atoms with Gasteiger partial charge in [-0.05, 0) is 55.9 Å². The molecule has 0 aliphatic carbocycles. The number of piperidine rings is 1. The van der Waals surface area contributed by atoms with Crippen molar-refractivity contribution in [2.45, 2.75) is 45.5 Å². The van der Waals surface area contributed by atoms with Gasteiger partial charge in [0.25, 0.3) is 0 Å². The van der Waals surface area contributed by atoms with Crippen LogP contribution in [0.3, 0.4) is 0 Å². The average Bonchev–Trinajstić information content (AvgIpc) is 2.68. The van der Waals surface area contributed by atoms with Crippen LogP contribution in [0.4, 0.5) is 13.2 Å². The van der Waals surface area contributed by atoms with E-state index in [-0.39, 0.29) is 30.6 Å². The Bertz CT molecular complexity index is 635. The Hall–Kier alpha value is -1.07. The maximum atomic E-state index is 12.2. The van der Waals surface area contributed by atoms with Gasteiger partial charge in [0.05, 0.1) is 6.61 Å². The number of halogens is 4. The minimum atomic E-state index is -4.30. The maximum Gasteiger partial charge on any atom is 0.411 e. The number of aliphatic imine (C=N–C) groups is 1. The number of ether oxygens (including phenoxy) is 1. The van der Waals surface area contributed by atoms with Crippen LogP contribution in [0, 0.1) is 5.92 Å². The summed E-state index contributed by atoms with van der Waals surface area (Å²) in [6, 6.07) is 7.34. The summed E-state index contributed by atoms with van der Waals surface area (Å²) in [7, 11) is 1.72. The molecule has 1 aromatic carbocycles. The first-order chi connectivity index (χ1) is 13.9. The lowest BCUT2D eigenvalue weighted by Gasteiger charge is -2.30. The fourth-order valence-electron chi connectivity index (χ4n) is 3.32. The molecule has 0 atom stereocenters. The fraction of sp³-hybridized carbons (Fsp3) is 0.667. The molecule has 0 saturated carbocycles. The van der Waals surface area contributed by atoms with E-state index in [2.05, 4.69) is 27.4 Å². The Labute approximate surface area is 194 Å². The average molecular weight is 542 g/mol. The molecule has 0 aromatic heterocycles. The molecule has 2 rings (SSSR count). The predicted molar refractivity (Wildman–Crippen MR) is 125 cm³/mol. The Balaban J connectivity index is 0.00000450. The lowest BCUT2D eigenvalue weighted by Crippen LogP contribution is -2.39. The Kier molecular flexibility index (Phi) is 12.7. The molecule has 1 aliphatic rings. The molecule has 0 spiro atoms. The second-order valence-corrected chi connectivity index (χ2v) is 7.66. The first kappa shape index (κ1) is 27.0. The number of nitrogens with one attached hydrogen (secondary N) is 2. The van der Waals surface area contributed by atoms with Crippen molar-refractivity contribution in [1.29, 1.82) is 0 Å². The number of benzene rings is 1. The molecular formula is C21H34F3IN4O. The molecule has 1 aromatic rings. The molecule has 1 heterocycles. The van der Waals surface area contributed by atoms with Crippen molar-refractivity contribution < 1.29 is 17.9 Å². The number of guanidine groups is 1. The van der Waals surface area contributed by atoms with Crippen molar-refractivity contribution in [2.75, 3.05) is 39.8 Å². The normalized spacial score (nSPS) is 16.2. The molecule has 1 saturated heterocycles. The van der Waals surface area contributed by atoms with Crippen LogP contribution in [-0.4, -0.2) is 56.9 Å². The summed E-state index contributed by atoms with van der Waals surface area (Å²) in [4.78, 5) is 6.75. The smallest absolute Gasteiger partial charge is 0.367 e. The van der Waals surface area contributed by atoms with Crippen LogP contribution < -0.4 is 10.6 Å². The SMILES string of the molecule is CN=C(NCCCN1CCC(C)CC1)NCc1cccc(COCC(F)(F)F)c1.I. The molecule has 0 amide bonds. The molecular weight excluding hydrogens is 508 g/mol. The summed E-state index contributed by atoms with van der Waals surface area (Å²) < 4.78 is 41.3. The number of hydrogen-bond acceptors (Lipinski definition) is 3. The van der Waals surface area contributed by atoms with E-state index in [9.17, 15) is 13.2 Å². The molecule has 0 radical (unpaired) electrons. The van der Waals surface area contributed by atoms with Gasteiger partial charge in [-0.25, -0.2) is 0 Å². The lowest BCUT2D eigenvalue weighted by molar-refractivity contribution is -0.176. The number of hydrogen-bond donors (Lipinski definition) is 2. The monoisotopic (exact) mass is 542 g/mol. The Morgan fingerprint density at radius 2 is 1.90 bits per heavy atom. The molecule has 0 unspecified atom stereocenters. The summed E-state index contributed by atoms with van der Waals surface area (Å²) in [5, 5.41) is 6.56. The minimum absolute atomic E-state index is 0. The fourth-order valence-corrected chi connectivity index (χ4v) is 3.32. The van der Waals surface area contributed by atoms with Crippen LogP contribution in [0.25, 0.3) is 0 Å². The van der Waals surface area contributed by atoms with E-state index in [0.717, 1.165) is 37.0 Å². The van der Waals surface area contributed by atoms with Crippen molar-refractivity contribution in [3.63, 3.8) is 0 Å². The van der Waals surface area contributed by atoms with Crippen LogP contribution in [0.1, 0.15) is 37.3 Å². The van der Waals surface area contributed by atoms with Crippen LogP contribution in [-0.2, 0) is 17.9 Å². The van der Waals surface area contributed by atoms with Gasteiger partial charge in [-0.2, -0.15) is 13.2 Å². The van der Waals surface area contributed by atoms with Gasteiger partial charge in [0, 0.05) is 20.1 Å². The van der Waals surface area contributed by atoms with Gasteiger partial charge in [-0.15, -0.1) is 24.0 Å². The third kappa shape index (κ3) is 11.4. The van der Waals surface area contributed by atoms with Crippen molar-refractivity contribution >= 4 is 29.9 Å². The van der Waals surface area contributed by atoms with Gasteiger partial charge in [0.1, 0.15) is 6.61 Å². The van der Waals surface area contributed by atoms with Crippen LogP contribution in [0.15, 0.2) is 29.3 Å². The topological polar surface area (TPSA) is 48.9 Å². The van der Waals surface area contributed by atoms with E-state index in [1.54, 1.807) is 13.1 Å². The zero-order valence-electron chi connectivity index (χ0n) is 17.8. The van der Waals surface area contributed by atoms with E-state index in [1.807, 2.05) is 18.2 Å². The molecule has 1 fully saturated rings. The maximum absolute atomic E-state index is 12.2. The largest absolute Gasteiger partial charge is 0.411 e. The highest BCUT2D eigenvalue weighted by atomic mass is 127. The van der Waals surface area contributed by atoms with Crippen LogP contribution in [0.5, 0.6) is 0 Å². The van der Waals surface area contributed by atoms with E-state index in [1.165, 1.54) is 25.9 Å². The van der Waals surface area contributed by atoms with Gasteiger partial charge in [-0.3, -0.25) is 4.99 Å². The van der Waals surface area contributed by atoms with Crippen molar-refractivity contribution in [3.8, 4) is 0 Å². The molecule has 0 bridgehead atoms. The summed E-state index contributed by atoms with van der Waals surface area (Å²) in [5.74, 6) is 1.57. The highest BCUT2D eigenvalue weighted by Crippen LogP contribution is 2.16. The van der Waals surface area contributed by atoms with Gasteiger partial charge < -0.3 is 20.3 Å². The van der Waals surface area contributed by atoms with Gasteiger partial charge in [0.15, 0.2) is 5.96 Å². The Morgan fingerprint density at radius 1 is 1.20 bits per heavy atom. The van der Waals surface area contributed by atoms with Gasteiger partial charge in [-0.1, -0.05) is 31.2 Å². The zero-order chi connectivity index (χ0) is 21.1. The number of likely N-dealkylation sites (tertiary alicyclic amines) is 1. The molecule has 2 N–H and O–H groups in total. The van der Waals surface area contributed by atoms with E-state index < -0.39 is 12.8 Å². The molecule has 30 heavy (non-hydrogen) atoms. The van der Waals surface area contributed by atoms with Crippen molar-refractivity contribution in [1.82, 2.24) is 15.5 Å². The summed E-state index contributed by atoms with van der Waals surface area (Å²) >= 11 is 0. The first-order valence-corrected chi connectivity index (χ1v) is 10.2. The number of rotatable bonds is 9. The van der Waals surface area contributed by atoms with Crippen molar-refractivity contribution in [2.24, 2.45) is 10.9 Å². The highest BCUT2D eigenvalue weighted by molar-refractivity contribution is 14.0. The quantitative estimate of drug-likeness (QED) is 0.213. The van der Waals surface area contributed by atoms with Crippen molar-refractivity contribution in [3.05, 3.63) is 35.4 Å². The summed E-state index contributed by atoms with van der Waals surface area (Å²) in [5.41, 5.74) is 1.68. The van der Waals surface area contributed by atoms with Gasteiger partial charge >= 0.3 is 6.18 Å². The molecule has 1 aliphatic heterocycles. The van der Waals surface area contributed by atoms with Gasteiger partial charge in [0.2, 0.25) is 0 Å². The molecule has 172 valence electrons. The zero-order valence-corrected chi connectivity index (χ0v) is 20.1. The second-order valence-electron chi connectivity index (χ2n) is 7.66. The minimum Gasteiger partial charge on any atom is -0.367 e. The highest BCUT2D eigenvalue weighted by Gasteiger charge is 2.27. The third-order valence-corrected chi connectivity index (χ3v) is 5.03. The standard InChI is InChI=1S/C21H33F3N4O.HI/c1-17-7-11-28(12-8-17)10-4-9-26-20(25-2)27-14-18-5-3-6-19(13-18)15-29-16-21(22,23)24;/h3,5-6,13,17H,4,7-12,14-16H2,1-2H3,(H2,25,26,27);1H. The first-order valence-electron chi connectivity index (χ1n) is 10.2. The molecule has 9 heteroatoms. The summed E-state index contributed by atoms with van der Waals surface area (Å²) in [6.45, 7) is 5.89. The van der Waals surface area contributed by atoms with E-state index in [0.29, 0.717) is 12.1 Å². The van der Waals surface area contributed by atoms with Crippen LogP contribution in [0.2, 0.25) is 0 Å².